The van der Waals surface area contributed by atoms with Crippen LogP contribution >= 0.6 is 0 Å². The fraction of sp³-hybridized carbons (Fsp3) is 0.348. The van der Waals surface area contributed by atoms with Gasteiger partial charge < -0.3 is 23.9 Å². The second-order valence-corrected chi connectivity index (χ2v) is 6.79. The first-order valence-corrected chi connectivity index (χ1v) is 9.72. The topological polar surface area (TPSA) is 69.9 Å². The quantitative estimate of drug-likeness (QED) is 0.570. The minimum absolute atomic E-state index is 0.203. The predicted molar refractivity (Wildman–Crippen MR) is 111 cm³/mol. The molecule has 3 aromatic rings. The molecular formula is C23H27NO5. The molecule has 0 saturated heterocycles. The van der Waals surface area contributed by atoms with E-state index in [4.69, 9.17) is 18.6 Å². The van der Waals surface area contributed by atoms with Crippen molar-refractivity contribution in [2.24, 2.45) is 0 Å². The van der Waals surface area contributed by atoms with Crippen LogP contribution in [0.15, 0.2) is 52.9 Å². The lowest BCUT2D eigenvalue weighted by Gasteiger charge is -2.17. The molecule has 2 unspecified atom stereocenters. The van der Waals surface area contributed by atoms with Crippen molar-refractivity contribution < 1.29 is 23.4 Å². The Labute approximate surface area is 170 Å². The third-order valence-corrected chi connectivity index (χ3v) is 4.62. The molecule has 0 saturated carbocycles. The van der Waals surface area contributed by atoms with E-state index in [1.165, 1.54) is 0 Å². The average molecular weight is 397 g/mol. The van der Waals surface area contributed by atoms with Crippen molar-refractivity contribution in [1.29, 1.82) is 0 Å². The zero-order chi connectivity index (χ0) is 20.8. The summed E-state index contributed by atoms with van der Waals surface area (Å²) in [6.07, 6.45) is -0.605. The van der Waals surface area contributed by atoms with E-state index in [-0.39, 0.29) is 11.9 Å². The summed E-state index contributed by atoms with van der Waals surface area (Å²) in [6, 6.07) is 14.9. The van der Waals surface area contributed by atoms with Gasteiger partial charge in [-0.3, -0.25) is 4.79 Å². The van der Waals surface area contributed by atoms with E-state index in [0.717, 1.165) is 16.7 Å². The molecular weight excluding hydrogens is 370 g/mol. The molecule has 2 aromatic carbocycles. The van der Waals surface area contributed by atoms with Crippen LogP contribution in [0.4, 0.5) is 0 Å². The van der Waals surface area contributed by atoms with Crippen LogP contribution in [0.5, 0.6) is 11.5 Å². The first-order chi connectivity index (χ1) is 14.0. The van der Waals surface area contributed by atoms with Crippen LogP contribution in [-0.4, -0.2) is 25.7 Å². The first-order valence-electron chi connectivity index (χ1n) is 9.72. The molecule has 154 valence electrons. The summed E-state index contributed by atoms with van der Waals surface area (Å²) in [5.74, 6) is 1.92. The third-order valence-electron chi connectivity index (χ3n) is 4.62. The van der Waals surface area contributed by atoms with Crippen LogP contribution in [0, 0.1) is 0 Å². The number of fused-ring (bicyclic) bond motifs is 1. The maximum Gasteiger partial charge on any atom is 0.249 e. The molecule has 0 aliphatic carbocycles. The van der Waals surface area contributed by atoms with E-state index < -0.39 is 6.10 Å². The van der Waals surface area contributed by atoms with Gasteiger partial charge in [-0.2, -0.15) is 0 Å². The Morgan fingerprint density at radius 2 is 1.93 bits per heavy atom. The van der Waals surface area contributed by atoms with E-state index in [1.54, 1.807) is 14.0 Å². The molecule has 6 heteroatoms. The summed E-state index contributed by atoms with van der Waals surface area (Å²) < 4.78 is 22.5. The Bertz CT molecular complexity index is 965. The van der Waals surface area contributed by atoms with Gasteiger partial charge in [-0.25, -0.2) is 0 Å². The molecule has 0 bridgehead atoms. The molecule has 0 aliphatic heterocycles. The Kier molecular flexibility index (Phi) is 6.77. The second-order valence-electron chi connectivity index (χ2n) is 6.79. The molecule has 1 aromatic heterocycles. The van der Waals surface area contributed by atoms with E-state index in [2.05, 4.69) is 5.32 Å². The molecule has 3 rings (SSSR count). The number of rotatable bonds is 9. The molecule has 0 radical (unpaired) electrons. The van der Waals surface area contributed by atoms with Crippen molar-refractivity contribution in [2.45, 2.75) is 39.5 Å². The number of methoxy groups -OCH3 is 1. The Morgan fingerprint density at radius 3 is 2.69 bits per heavy atom. The van der Waals surface area contributed by atoms with E-state index in [0.29, 0.717) is 30.3 Å². The van der Waals surface area contributed by atoms with Crippen LogP contribution in [-0.2, 0) is 16.1 Å². The summed E-state index contributed by atoms with van der Waals surface area (Å²) in [7, 11) is 1.62. The molecule has 6 nitrogen and oxygen atoms in total. The normalized spacial score (nSPS) is 13.1. The van der Waals surface area contributed by atoms with Gasteiger partial charge in [0, 0.05) is 5.39 Å². The van der Waals surface area contributed by atoms with Crippen LogP contribution in [0.3, 0.4) is 0 Å². The van der Waals surface area contributed by atoms with Crippen LogP contribution in [0.1, 0.15) is 38.1 Å². The van der Waals surface area contributed by atoms with Crippen molar-refractivity contribution in [3.05, 3.63) is 59.9 Å². The number of hydrogen-bond donors (Lipinski definition) is 1. The molecule has 29 heavy (non-hydrogen) atoms. The number of benzene rings is 2. The highest BCUT2D eigenvalue weighted by Gasteiger charge is 2.20. The van der Waals surface area contributed by atoms with Gasteiger partial charge in [0.2, 0.25) is 5.91 Å². The Hall–Kier alpha value is -2.99. The fourth-order valence-corrected chi connectivity index (χ4v) is 3.00. The molecule has 0 spiro atoms. The zero-order valence-corrected chi connectivity index (χ0v) is 17.2. The first kappa shape index (κ1) is 20.7. The number of carbonyl (C=O) groups excluding carboxylic acids is 1. The Balaban J connectivity index is 1.60. The van der Waals surface area contributed by atoms with E-state index >= 15 is 0 Å². The molecule has 1 amide bonds. The van der Waals surface area contributed by atoms with Gasteiger partial charge in [-0.15, -0.1) is 0 Å². The molecule has 1 heterocycles. The number of furan rings is 1. The van der Waals surface area contributed by atoms with Gasteiger partial charge in [0.05, 0.1) is 26.4 Å². The highest BCUT2D eigenvalue weighted by atomic mass is 16.5. The minimum Gasteiger partial charge on any atom is -0.497 e. The maximum absolute atomic E-state index is 12.5. The zero-order valence-electron chi connectivity index (χ0n) is 17.2. The summed E-state index contributed by atoms with van der Waals surface area (Å²) >= 11 is 0. The molecule has 2 atom stereocenters. The number of para-hydroxylation sites is 1. The fourth-order valence-electron chi connectivity index (χ4n) is 3.00. The number of ether oxygens (including phenoxy) is 3. The second kappa shape index (κ2) is 9.47. The lowest BCUT2D eigenvalue weighted by molar-refractivity contribution is -0.133. The monoisotopic (exact) mass is 397 g/mol. The number of amides is 1. The smallest absolute Gasteiger partial charge is 0.249 e. The maximum atomic E-state index is 12.5. The third kappa shape index (κ3) is 5.09. The minimum atomic E-state index is -0.605. The van der Waals surface area contributed by atoms with Gasteiger partial charge in [-0.1, -0.05) is 24.3 Å². The average Bonchev–Trinajstić information content (AvgIpc) is 3.18. The van der Waals surface area contributed by atoms with Gasteiger partial charge in [0.25, 0.3) is 0 Å². The van der Waals surface area contributed by atoms with E-state index in [1.807, 2.05) is 62.4 Å². The van der Waals surface area contributed by atoms with Gasteiger partial charge in [0.1, 0.15) is 17.6 Å². The van der Waals surface area contributed by atoms with Crippen molar-refractivity contribution in [2.75, 3.05) is 13.7 Å². The summed E-state index contributed by atoms with van der Waals surface area (Å²) in [5, 5.41) is 3.88. The number of nitrogens with one attached hydrogen (secondary N) is 1. The van der Waals surface area contributed by atoms with Gasteiger partial charge >= 0.3 is 0 Å². The van der Waals surface area contributed by atoms with Crippen LogP contribution < -0.4 is 14.8 Å². The molecule has 0 aliphatic rings. The summed E-state index contributed by atoms with van der Waals surface area (Å²) in [5.41, 5.74) is 1.63. The largest absolute Gasteiger partial charge is 0.497 e. The van der Waals surface area contributed by atoms with Gasteiger partial charge in [-0.05, 0) is 50.6 Å². The van der Waals surface area contributed by atoms with Crippen molar-refractivity contribution in [1.82, 2.24) is 5.32 Å². The highest BCUT2D eigenvalue weighted by Crippen LogP contribution is 2.31. The Morgan fingerprint density at radius 1 is 1.14 bits per heavy atom. The molecule has 0 fully saturated rings. The standard InChI is InChI=1S/C23H27NO5/c1-5-27-20-11-7-9-18-13-21(29-22(18)20)15(2)24-23(25)16(3)28-14-17-8-6-10-19(12-17)26-4/h6-13,15-16H,5,14H2,1-4H3,(H,24,25). The van der Waals surface area contributed by atoms with Gasteiger partial charge in [0.15, 0.2) is 11.3 Å². The lowest BCUT2D eigenvalue weighted by atomic mass is 10.2. The predicted octanol–water partition coefficient (Wildman–Crippen LogP) is 4.62. The van der Waals surface area contributed by atoms with Crippen LogP contribution in [0.25, 0.3) is 11.0 Å². The lowest BCUT2D eigenvalue weighted by Crippen LogP contribution is -2.36. The molecule has 1 N–H and O–H groups in total. The highest BCUT2D eigenvalue weighted by molar-refractivity contribution is 5.84. The van der Waals surface area contributed by atoms with Crippen molar-refractivity contribution in [3.63, 3.8) is 0 Å². The van der Waals surface area contributed by atoms with Crippen LogP contribution in [0.2, 0.25) is 0 Å². The van der Waals surface area contributed by atoms with E-state index in [9.17, 15) is 4.79 Å². The van der Waals surface area contributed by atoms with Crippen molar-refractivity contribution in [3.8, 4) is 11.5 Å². The number of hydrogen-bond acceptors (Lipinski definition) is 5. The van der Waals surface area contributed by atoms with Crippen molar-refractivity contribution >= 4 is 16.9 Å². The SMILES string of the molecule is CCOc1cccc2cc(C(C)NC(=O)C(C)OCc3cccc(OC)c3)oc12. The summed E-state index contributed by atoms with van der Waals surface area (Å²) in [4.78, 5) is 12.5. The summed E-state index contributed by atoms with van der Waals surface area (Å²) in [6.45, 7) is 6.42. The number of carbonyl (C=O) groups is 1.